The van der Waals surface area contributed by atoms with Crippen molar-refractivity contribution in [3.8, 4) is 28.8 Å². The molecule has 6 rings (SSSR count). The highest BCUT2D eigenvalue weighted by Crippen LogP contribution is 2.35. The molecule has 0 spiro atoms. The molecular formula is C33H36FN9O2. The molecule has 3 N–H and O–H groups in total. The fourth-order valence-corrected chi connectivity index (χ4v) is 6.20. The Balaban J connectivity index is 1.28. The predicted octanol–water partition coefficient (Wildman–Crippen LogP) is 4.13. The van der Waals surface area contributed by atoms with Gasteiger partial charge in [-0.25, -0.2) is 19.0 Å². The lowest BCUT2D eigenvalue weighted by Gasteiger charge is -2.39. The van der Waals surface area contributed by atoms with Crippen LogP contribution in [-0.2, 0) is 11.3 Å². The Hall–Kier alpha value is -4.86. The van der Waals surface area contributed by atoms with E-state index in [0.29, 0.717) is 41.3 Å². The lowest BCUT2D eigenvalue weighted by molar-refractivity contribution is -0.127. The molecule has 2 aromatic heterocycles. The molecule has 2 aliphatic heterocycles. The molecule has 45 heavy (non-hydrogen) atoms. The van der Waals surface area contributed by atoms with Crippen molar-refractivity contribution >= 4 is 22.8 Å². The molecule has 1 amide bonds. The second kappa shape index (κ2) is 12.6. The van der Waals surface area contributed by atoms with E-state index in [0.717, 1.165) is 39.0 Å². The van der Waals surface area contributed by atoms with Crippen molar-refractivity contribution in [2.75, 3.05) is 38.5 Å². The molecule has 12 heteroatoms. The molecular weight excluding hydrogens is 573 g/mol. The van der Waals surface area contributed by atoms with Crippen molar-refractivity contribution in [2.45, 2.75) is 44.8 Å². The highest BCUT2D eigenvalue weighted by molar-refractivity contribution is 5.99. The quantitative estimate of drug-likeness (QED) is 0.223. The molecule has 4 aromatic rings. The van der Waals surface area contributed by atoms with Crippen LogP contribution in [0.25, 0.3) is 22.3 Å². The number of piperazine rings is 1. The molecule has 2 aromatic carbocycles. The maximum atomic E-state index is 15.6. The molecule has 4 heterocycles. The second-order valence-electron chi connectivity index (χ2n) is 11.9. The summed E-state index contributed by atoms with van der Waals surface area (Å²) in [4.78, 5) is 26.4. The van der Waals surface area contributed by atoms with Crippen LogP contribution in [0.4, 0.5) is 10.2 Å². The molecule has 0 saturated carbocycles. The van der Waals surface area contributed by atoms with E-state index in [1.165, 1.54) is 12.4 Å². The Morgan fingerprint density at radius 3 is 2.67 bits per heavy atom. The Kier molecular flexibility index (Phi) is 8.47. The summed E-state index contributed by atoms with van der Waals surface area (Å²) in [5.74, 6) is 0.279. The van der Waals surface area contributed by atoms with E-state index >= 15 is 4.39 Å². The van der Waals surface area contributed by atoms with Gasteiger partial charge in [-0.3, -0.25) is 9.69 Å². The molecule has 0 unspecified atom stereocenters. The van der Waals surface area contributed by atoms with Gasteiger partial charge in [0.2, 0.25) is 0 Å². The van der Waals surface area contributed by atoms with Crippen LogP contribution < -0.4 is 15.8 Å². The van der Waals surface area contributed by atoms with Gasteiger partial charge >= 0.3 is 0 Å². The van der Waals surface area contributed by atoms with E-state index in [9.17, 15) is 10.1 Å². The van der Waals surface area contributed by atoms with Crippen molar-refractivity contribution in [3.05, 3.63) is 72.3 Å². The number of fused-ring (bicyclic) bond motifs is 1. The van der Waals surface area contributed by atoms with Crippen molar-refractivity contribution < 1.29 is 13.9 Å². The molecule has 11 nitrogen and oxygen atoms in total. The Bertz CT molecular complexity index is 1770. The van der Waals surface area contributed by atoms with Crippen LogP contribution in [0.15, 0.2) is 66.5 Å². The molecule has 0 bridgehead atoms. The van der Waals surface area contributed by atoms with Crippen molar-refractivity contribution in [1.82, 2.24) is 34.9 Å². The molecule has 0 aliphatic carbocycles. The third-order valence-electron chi connectivity index (χ3n) is 8.54. The number of para-hydroxylation sites is 1. The summed E-state index contributed by atoms with van der Waals surface area (Å²) in [6.07, 6.45) is 4.65. The number of ether oxygens (including phenoxy) is 1. The average Bonchev–Trinajstić information content (AvgIpc) is 3.66. The highest BCUT2D eigenvalue weighted by atomic mass is 19.1. The SMILES string of the molecule is CC(C)(C=C(C#N)C(=O)N1CCC[C@@H]1Cn1nc(-c2ccc(Oc3ccccc3)cc2F)c2c(N)ncnc21)N1CCNCC1. The normalized spacial score (nSPS) is 17.9. The summed E-state index contributed by atoms with van der Waals surface area (Å²) in [7, 11) is 0. The minimum absolute atomic E-state index is 0.128. The maximum absolute atomic E-state index is 15.6. The number of nitriles is 1. The fraction of sp³-hybridized carbons (Fsp3) is 0.364. The maximum Gasteiger partial charge on any atom is 0.264 e. The predicted molar refractivity (Wildman–Crippen MR) is 169 cm³/mol. The first kappa shape index (κ1) is 30.2. The van der Waals surface area contributed by atoms with Crippen LogP contribution in [0.5, 0.6) is 11.5 Å². The third-order valence-corrected chi connectivity index (χ3v) is 8.54. The van der Waals surface area contributed by atoms with Gasteiger partial charge in [0.15, 0.2) is 5.65 Å². The van der Waals surface area contributed by atoms with Gasteiger partial charge in [0.25, 0.3) is 5.91 Å². The molecule has 1 atom stereocenters. The van der Waals surface area contributed by atoms with Gasteiger partial charge < -0.3 is 20.7 Å². The number of anilines is 1. The number of carbonyl (C=O) groups is 1. The van der Waals surface area contributed by atoms with Crippen LogP contribution in [0.2, 0.25) is 0 Å². The number of carbonyl (C=O) groups excluding carboxylic acids is 1. The smallest absolute Gasteiger partial charge is 0.264 e. The van der Waals surface area contributed by atoms with Gasteiger partial charge in [-0.05, 0) is 57.0 Å². The summed E-state index contributed by atoms with van der Waals surface area (Å²) in [5, 5.41) is 18.6. The van der Waals surface area contributed by atoms with Crippen LogP contribution in [0.1, 0.15) is 26.7 Å². The number of nitrogen functional groups attached to an aromatic ring is 1. The minimum atomic E-state index is -0.535. The highest BCUT2D eigenvalue weighted by Gasteiger charge is 2.34. The number of hydrogen-bond acceptors (Lipinski definition) is 9. The van der Waals surface area contributed by atoms with Crippen LogP contribution in [0, 0.1) is 17.1 Å². The molecule has 0 radical (unpaired) electrons. The van der Waals surface area contributed by atoms with Gasteiger partial charge in [0.1, 0.15) is 46.8 Å². The summed E-state index contributed by atoms with van der Waals surface area (Å²) in [5.41, 5.74) is 6.93. The number of likely N-dealkylation sites (tertiary alicyclic amines) is 1. The number of aromatic nitrogens is 4. The standard InChI is InChI=1S/C33H36FN9O2/c1-33(2,41-15-12-37-13-16-41)18-22(19-35)32(44)42-14-6-7-23(42)20-43-31-28(30(36)38-21-39-31)29(40-43)26-11-10-25(17-27(26)34)45-24-8-4-3-5-9-24/h3-5,8-11,17-18,21,23,37H,6-7,12-16,20H2,1-2H3,(H2,36,38,39)/t23-/m1/s1. The zero-order valence-corrected chi connectivity index (χ0v) is 25.4. The summed E-state index contributed by atoms with van der Waals surface area (Å²) >= 11 is 0. The molecule has 2 aliphatic rings. The molecule has 2 fully saturated rings. The van der Waals surface area contributed by atoms with Crippen molar-refractivity contribution in [1.29, 1.82) is 5.26 Å². The largest absolute Gasteiger partial charge is 0.457 e. The number of halogens is 1. The summed E-state index contributed by atoms with van der Waals surface area (Å²) in [6.45, 7) is 8.30. The lowest BCUT2D eigenvalue weighted by atomic mass is 9.97. The summed E-state index contributed by atoms with van der Waals surface area (Å²) < 4.78 is 23.0. The monoisotopic (exact) mass is 609 g/mol. The van der Waals surface area contributed by atoms with Crippen molar-refractivity contribution in [2.24, 2.45) is 0 Å². The Morgan fingerprint density at radius 2 is 1.93 bits per heavy atom. The molecule has 2 saturated heterocycles. The first-order valence-corrected chi connectivity index (χ1v) is 15.1. The van der Waals surface area contributed by atoms with E-state index in [1.807, 2.05) is 32.0 Å². The van der Waals surface area contributed by atoms with Gasteiger partial charge in [-0.2, -0.15) is 10.4 Å². The second-order valence-corrected chi connectivity index (χ2v) is 11.9. The number of nitrogens with zero attached hydrogens (tertiary/aromatic N) is 7. The zero-order valence-electron chi connectivity index (χ0n) is 25.4. The minimum Gasteiger partial charge on any atom is -0.457 e. The first-order valence-electron chi connectivity index (χ1n) is 15.1. The number of nitrogens with two attached hydrogens (primary N) is 1. The number of nitrogens with one attached hydrogen (secondary N) is 1. The van der Waals surface area contributed by atoms with Gasteiger partial charge in [-0.15, -0.1) is 0 Å². The number of amides is 1. The average molecular weight is 610 g/mol. The van der Waals surface area contributed by atoms with Gasteiger partial charge in [-0.1, -0.05) is 18.2 Å². The van der Waals surface area contributed by atoms with E-state index in [-0.39, 0.29) is 28.9 Å². The van der Waals surface area contributed by atoms with E-state index in [2.05, 4.69) is 26.3 Å². The Morgan fingerprint density at radius 1 is 1.16 bits per heavy atom. The number of benzene rings is 2. The van der Waals surface area contributed by atoms with E-state index in [4.69, 9.17) is 15.6 Å². The zero-order chi connectivity index (χ0) is 31.6. The lowest BCUT2D eigenvalue weighted by Crippen LogP contribution is -2.52. The molecule has 232 valence electrons. The van der Waals surface area contributed by atoms with Crippen molar-refractivity contribution in [3.63, 3.8) is 0 Å². The topological polar surface area (TPSA) is 138 Å². The van der Waals surface area contributed by atoms with Crippen LogP contribution in [0.3, 0.4) is 0 Å². The fourth-order valence-electron chi connectivity index (χ4n) is 6.20. The van der Waals surface area contributed by atoms with E-state index in [1.54, 1.807) is 39.9 Å². The van der Waals surface area contributed by atoms with Gasteiger partial charge in [0, 0.05) is 49.9 Å². The Labute approximate surface area is 261 Å². The van der Waals surface area contributed by atoms with Crippen LogP contribution >= 0.6 is 0 Å². The number of rotatable bonds is 8. The van der Waals surface area contributed by atoms with E-state index < -0.39 is 11.4 Å². The van der Waals surface area contributed by atoms with Crippen LogP contribution in [-0.4, -0.2) is 79.8 Å². The first-order chi connectivity index (χ1) is 21.7. The third kappa shape index (κ3) is 6.22. The van der Waals surface area contributed by atoms with Gasteiger partial charge in [0.05, 0.1) is 18.0 Å². The number of hydrogen-bond donors (Lipinski definition) is 2. The summed E-state index contributed by atoms with van der Waals surface area (Å²) in [6, 6.07) is 15.6.